The summed E-state index contributed by atoms with van der Waals surface area (Å²) in [5.74, 6) is -0.435. The number of amides is 1. The topological polar surface area (TPSA) is 69.6 Å². The molecule has 1 aliphatic rings. The third kappa shape index (κ3) is 3.27. The van der Waals surface area contributed by atoms with Gasteiger partial charge in [0.1, 0.15) is 6.29 Å². The van der Waals surface area contributed by atoms with Crippen molar-refractivity contribution in [2.75, 3.05) is 13.1 Å². The summed E-state index contributed by atoms with van der Waals surface area (Å²) in [6.45, 7) is 1.19. The quantitative estimate of drug-likeness (QED) is 0.359. The number of rotatable bonds is 5. The first-order chi connectivity index (χ1) is 9.24. The summed E-state index contributed by atoms with van der Waals surface area (Å²) >= 11 is 0. The molecule has 0 saturated heterocycles. The summed E-state index contributed by atoms with van der Waals surface area (Å²) in [6.07, 6.45) is 3.00. The lowest BCUT2D eigenvalue weighted by Crippen LogP contribution is -2.28. The Morgan fingerprint density at radius 3 is 2.79 bits per heavy atom. The number of benzene rings is 1. The van der Waals surface area contributed by atoms with Crippen LogP contribution in [0.25, 0.3) is 0 Å². The molecule has 1 aliphatic heterocycles. The second-order valence-corrected chi connectivity index (χ2v) is 4.50. The van der Waals surface area contributed by atoms with Crippen molar-refractivity contribution in [3.05, 3.63) is 47.5 Å². The maximum atomic E-state index is 11.3. The van der Waals surface area contributed by atoms with E-state index < -0.39 is 5.91 Å². The fraction of sp³-hybridized carbons (Fsp3) is 0.286. The third-order valence-electron chi connectivity index (χ3n) is 3.20. The maximum Gasteiger partial charge on any atom is 0.247 e. The second-order valence-electron chi connectivity index (χ2n) is 4.50. The van der Waals surface area contributed by atoms with E-state index in [2.05, 4.69) is 0 Å². The first-order valence-electron chi connectivity index (χ1n) is 6.09. The van der Waals surface area contributed by atoms with E-state index in [4.69, 9.17) is 5.21 Å². The van der Waals surface area contributed by atoms with Crippen molar-refractivity contribution in [2.24, 2.45) is 0 Å². The molecule has 5 heteroatoms. The Kier molecular flexibility index (Phi) is 4.43. The van der Waals surface area contributed by atoms with E-state index in [1.54, 1.807) is 5.48 Å². The molecule has 1 amide bonds. The van der Waals surface area contributed by atoms with Crippen molar-refractivity contribution < 1.29 is 14.8 Å². The predicted molar refractivity (Wildman–Crippen MR) is 69.4 cm³/mol. The van der Waals surface area contributed by atoms with Gasteiger partial charge >= 0.3 is 0 Å². The van der Waals surface area contributed by atoms with Gasteiger partial charge in [0.2, 0.25) is 5.91 Å². The molecule has 2 rings (SSSR count). The molecule has 0 spiro atoms. The zero-order chi connectivity index (χ0) is 13.7. The standard InChI is InChI=1S/C14H16N2O3/c17-10-13(12-4-2-1-3-5-12)16-7-6-11(9-16)8-14(18)15-19/h1-6,10,13,19H,7-9H2,(H,15,18). The molecule has 0 saturated carbocycles. The van der Waals surface area contributed by atoms with Gasteiger partial charge in [0.25, 0.3) is 0 Å². The molecule has 1 heterocycles. The lowest BCUT2D eigenvalue weighted by molar-refractivity contribution is -0.128. The van der Waals surface area contributed by atoms with E-state index >= 15 is 0 Å². The van der Waals surface area contributed by atoms with Gasteiger partial charge in [-0.1, -0.05) is 36.4 Å². The van der Waals surface area contributed by atoms with Gasteiger partial charge in [0.15, 0.2) is 0 Å². The van der Waals surface area contributed by atoms with Crippen molar-refractivity contribution in [3.8, 4) is 0 Å². The number of nitrogens with zero attached hydrogens (tertiary/aromatic N) is 1. The van der Waals surface area contributed by atoms with Crippen molar-refractivity contribution in [1.82, 2.24) is 10.4 Å². The van der Waals surface area contributed by atoms with Gasteiger partial charge in [-0.2, -0.15) is 0 Å². The molecule has 5 nitrogen and oxygen atoms in total. The molecule has 100 valence electrons. The minimum absolute atomic E-state index is 0.160. The third-order valence-corrected chi connectivity index (χ3v) is 3.20. The van der Waals surface area contributed by atoms with E-state index in [0.717, 1.165) is 17.4 Å². The molecule has 1 aromatic carbocycles. The predicted octanol–water partition coefficient (Wildman–Crippen LogP) is 1.06. The van der Waals surface area contributed by atoms with E-state index in [0.29, 0.717) is 13.1 Å². The van der Waals surface area contributed by atoms with Crippen LogP contribution in [0.2, 0.25) is 0 Å². The first kappa shape index (κ1) is 13.5. The fourth-order valence-corrected chi connectivity index (χ4v) is 2.25. The number of nitrogens with one attached hydrogen (secondary N) is 1. The highest BCUT2D eigenvalue weighted by atomic mass is 16.5. The minimum Gasteiger partial charge on any atom is -0.301 e. The van der Waals surface area contributed by atoms with Crippen molar-refractivity contribution in [2.45, 2.75) is 12.5 Å². The highest BCUT2D eigenvalue weighted by Crippen LogP contribution is 2.24. The molecule has 1 unspecified atom stereocenters. The van der Waals surface area contributed by atoms with Crippen LogP contribution in [0.3, 0.4) is 0 Å². The Labute approximate surface area is 111 Å². The zero-order valence-corrected chi connectivity index (χ0v) is 10.5. The Hall–Kier alpha value is -1.98. The molecule has 0 fully saturated rings. The second kappa shape index (κ2) is 6.26. The molecule has 0 bridgehead atoms. The van der Waals surface area contributed by atoms with Gasteiger partial charge in [-0.25, -0.2) is 5.48 Å². The van der Waals surface area contributed by atoms with Crippen LogP contribution in [0.15, 0.2) is 42.0 Å². The molecule has 0 aliphatic carbocycles. The van der Waals surface area contributed by atoms with Crippen LogP contribution in [-0.4, -0.2) is 35.4 Å². The highest BCUT2D eigenvalue weighted by Gasteiger charge is 2.24. The number of carbonyl (C=O) groups is 2. The molecule has 19 heavy (non-hydrogen) atoms. The number of hydrogen-bond acceptors (Lipinski definition) is 4. The lowest BCUT2D eigenvalue weighted by atomic mass is 10.1. The van der Waals surface area contributed by atoms with Crippen molar-refractivity contribution >= 4 is 12.2 Å². The van der Waals surface area contributed by atoms with Crippen molar-refractivity contribution in [3.63, 3.8) is 0 Å². The SMILES string of the molecule is O=CC(c1ccccc1)N1CC=C(CC(=O)NO)C1. The Morgan fingerprint density at radius 1 is 1.42 bits per heavy atom. The van der Waals surface area contributed by atoms with Gasteiger partial charge in [-0.05, 0) is 11.1 Å². The Morgan fingerprint density at radius 2 is 2.16 bits per heavy atom. The van der Waals surface area contributed by atoms with Crippen LogP contribution in [0.1, 0.15) is 18.0 Å². The monoisotopic (exact) mass is 260 g/mol. The zero-order valence-electron chi connectivity index (χ0n) is 10.5. The molecular weight excluding hydrogens is 244 g/mol. The molecule has 0 radical (unpaired) electrons. The summed E-state index contributed by atoms with van der Waals surface area (Å²) in [4.78, 5) is 24.4. The van der Waals surface area contributed by atoms with Gasteiger partial charge in [0.05, 0.1) is 12.5 Å². The number of carbonyl (C=O) groups excluding carboxylic acids is 2. The number of hydroxylamine groups is 1. The molecule has 0 aromatic heterocycles. The normalized spacial score (nSPS) is 16.8. The summed E-state index contributed by atoms with van der Waals surface area (Å²) in [6, 6.07) is 9.23. The molecular formula is C14H16N2O3. The summed E-state index contributed by atoms with van der Waals surface area (Å²) < 4.78 is 0. The van der Waals surface area contributed by atoms with Crippen molar-refractivity contribution in [1.29, 1.82) is 0 Å². The summed E-state index contributed by atoms with van der Waals surface area (Å²) in [5.41, 5.74) is 3.47. The molecule has 1 atom stereocenters. The van der Waals surface area contributed by atoms with E-state index in [1.165, 1.54) is 0 Å². The Bertz CT molecular complexity index is 485. The van der Waals surface area contributed by atoms with Crippen LogP contribution >= 0.6 is 0 Å². The van der Waals surface area contributed by atoms with E-state index in [-0.39, 0.29) is 12.5 Å². The fourth-order valence-electron chi connectivity index (χ4n) is 2.25. The van der Waals surface area contributed by atoms with Crippen LogP contribution in [0.5, 0.6) is 0 Å². The minimum atomic E-state index is -0.435. The largest absolute Gasteiger partial charge is 0.301 e. The van der Waals surface area contributed by atoms with Gasteiger partial charge in [-0.15, -0.1) is 0 Å². The van der Waals surface area contributed by atoms with Crippen LogP contribution in [0.4, 0.5) is 0 Å². The summed E-state index contributed by atoms with van der Waals surface area (Å²) in [7, 11) is 0. The van der Waals surface area contributed by atoms with E-state index in [9.17, 15) is 9.59 Å². The number of hydrogen-bond donors (Lipinski definition) is 2. The smallest absolute Gasteiger partial charge is 0.247 e. The van der Waals surface area contributed by atoms with E-state index in [1.807, 2.05) is 41.3 Å². The molecule has 1 aromatic rings. The van der Waals surface area contributed by atoms with Crippen LogP contribution in [0, 0.1) is 0 Å². The average molecular weight is 260 g/mol. The number of aldehydes is 1. The highest BCUT2D eigenvalue weighted by molar-refractivity contribution is 5.77. The average Bonchev–Trinajstić information content (AvgIpc) is 2.89. The van der Waals surface area contributed by atoms with Gasteiger partial charge in [0, 0.05) is 13.1 Å². The van der Waals surface area contributed by atoms with Crippen LogP contribution in [-0.2, 0) is 9.59 Å². The summed E-state index contributed by atoms with van der Waals surface area (Å²) in [5, 5.41) is 8.50. The van der Waals surface area contributed by atoms with Gasteiger partial charge < -0.3 is 4.79 Å². The Balaban J connectivity index is 2.01. The lowest BCUT2D eigenvalue weighted by Gasteiger charge is -2.23. The maximum absolute atomic E-state index is 11.3. The first-order valence-corrected chi connectivity index (χ1v) is 6.09. The molecule has 2 N–H and O–H groups in total. The van der Waals surface area contributed by atoms with Gasteiger partial charge in [-0.3, -0.25) is 14.9 Å². The van der Waals surface area contributed by atoms with Crippen LogP contribution < -0.4 is 5.48 Å².